The first kappa shape index (κ1) is 38.5. The number of halogens is 4. The lowest BCUT2D eigenvalue weighted by molar-refractivity contribution is 0.0829. The second-order valence-electron chi connectivity index (χ2n) is 11.5. The summed E-state index contributed by atoms with van der Waals surface area (Å²) in [4.78, 5) is 15.7. The van der Waals surface area contributed by atoms with Crippen molar-refractivity contribution in [2.24, 2.45) is 0 Å². The molecule has 9 heteroatoms. The predicted octanol–water partition coefficient (Wildman–Crippen LogP) is 6.96. The molecule has 2 atom stereocenters. The third-order valence-electron chi connectivity index (χ3n) is 7.20. The van der Waals surface area contributed by atoms with E-state index in [2.05, 4.69) is 61.6 Å². The van der Waals surface area contributed by atoms with Gasteiger partial charge in [0.05, 0.1) is 12.1 Å². The lowest BCUT2D eigenvalue weighted by Crippen LogP contribution is -2.48. The zero-order valence-corrected chi connectivity index (χ0v) is 27.5. The van der Waals surface area contributed by atoms with E-state index in [1.807, 2.05) is 31.2 Å². The fourth-order valence-electron chi connectivity index (χ4n) is 4.99. The maximum atomic E-state index is 14.0. The number of nitrogens with zero attached hydrogens (tertiary/aromatic N) is 1. The van der Waals surface area contributed by atoms with Gasteiger partial charge < -0.3 is 20.6 Å². The average Bonchev–Trinajstić information content (AvgIpc) is 2.90. The van der Waals surface area contributed by atoms with Gasteiger partial charge in [0.15, 0.2) is 0 Å². The number of unbranched alkanes of at least 4 members (excludes halogenated alkanes) is 1. The topological polar surface area (TPSA) is 64.6 Å². The van der Waals surface area contributed by atoms with E-state index in [-0.39, 0.29) is 43.7 Å². The fraction of sp³-hybridized carbons (Fsp3) is 0.441. The summed E-state index contributed by atoms with van der Waals surface area (Å²) in [5.74, 6) is -1.32. The van der Waals surface area contributed by atoms with Gasteiger partial charge in [-0.05, 0) is 85.8 Å². The number of aliphatic hydroxyl groups is 1. The molecule has 0 radical (unpaired) electrons. The summed E-state index contributed by atoms with van der Waals surface area (Å²) in [5, 5.41) is 17.4. The second kappa shape index (κ2) is 19.0. The van der Waals surface area contributed by atoms with Gasteiger partial charge in [-0.15, -0.1) is 24.8 Å². The van der Waals surface area contributed by atoms with E-state index in [4.69, 9.17) is 0 Å². The van der Waals surface area contributed by atoms with Crippen molar-refractivity contribution in [1.82, 2.24) is 15.5 Å². The van der Waals surface area contributed by atoms with E-state index < -0.39 is 23.8 Å². The lowest BCUT2D eigenvalue weighted by atomic mass is 9.99. The normalized spacial score (nSPS) is 12.4. The third-order valence-corrected chi connectivity index (χ3v) is 7.20. The number of aliphatic hydroxyl groups excluding tert-OH is 1. The van der Waals surface area contributed by atoms with Crippen LogP contribution in [0.25, 0.3) is 0 Å². The maximum absolute atomic E-state index is 14.0. The number of carbonyl (C=O) groups is 1. The molecule has 0 aliphatic heterocycles. The van der Waals surface area contributed by atoms with Crippen molar-refractivity contribution in [1.29, 1.82) is 0 Å². The van der Waals surface area contributed by atoms with Gasteiger partial charge in [-0.3, -0.25) is 4.79 Å². The Balaban J connectivity index is 0.00000462. The Kier molecular flexibility index (Phi) is 17.0. The number of rotatable bonds is 15. The monoisotopic (exact) mass is 637 g/mol. The molecular weight excluding hydrogens is 591 g/mol. The summed E-state index contributed by atoms with van der Waals surface area (Å²) in [5.41, 5.74) is 5.17. The van der Waals surface area contributed by atoms with Crippen molar-refractivity contribution in [2.45, 2.75) is 78.1 Å². The van der Waals surface area contributed by atoms with Gasteiger partial charge in [0.2, 0.25) is 0 Å². The van der Waals surface area contributed by atoms with E-state index in [1.165, 1.54) is 17.7 Å². The summed E-state index contributed by atoms with van der Waals surface area (Å²) in [6.45, 7) is 10.8. The molecule has 238 valence electrons. The molecule has 0 aliphatic rings. The number of carbonyl (C=O) groups excluding carboxylic acids is 1. The molecule has 5 nitrogen and oxygen atoms in total. The minimum atomic E-state index is -0.997. The Morgan fingerprint density at radius 1 is 0.953 bits per heavy atom. The molecule has 43 heavy (non-hydrogen) atoms. The van der Waals surface area contributed by atoms with Crippen molar-refractivity contribution in [3.05, 3.63) is 106 Å². The first-order chi connectivity index (χ1) is 19.5. The summed E-state index contributed by atoms with van der Waals surface area (Å²) < 4.78 is 27.9. The Morgan fingerprint density at radius 3 is 2.30 bits per heavy atom. The Bertz CT molecular complexity index is 1270. The van der Waals surface area contributed by atoms with Gasteiger partial charge >= 0.3 is 0 Å². The second-order valence-corrected chi connectivity index (χ2v) is 11.5. The van der Waals surface area contributed by atoms with Gasteiger partial charge in [-0.2, -0.15) is 0 Å². The molecule has 0 spiro atoms. The van der Waals surface area contributed by atoms with E-state index in [1.54, 1.807) is 0 Å². The highest BCUT2D eigenvalue weighted by Crippen LogP contribution is 2.17. The highest BCUT2D eigenvalue weighted by molar-refractivity contribution is 5.94. The zero-order chi connectivity index (χ0) is 29.9. The van der Waals surface area contributed by atoms with E-state index in [0.29, 0.717) is 23.6 Å². The molecule has 3 aromatic carbocycles. The van der Waals surface area contributed by atoms with Crippen LogP contribution in [0.15, 0.2) is 60.7 Å². The molecule has 0 saturated heterocycles. The third kappa shape index (κ3) is 12.9. The molecule has 3 rings (SSSR count). The van der Waals surface area contributed by atoms with E-state index in [9.17, 15) is 18.7 Å². The first-order valence-corrected chi connectivity index (χ1v) is 14.6. The van der Waals surface area contributed by atoms with E-state index in [0.717, 1.165) is 48.7 Å². The van der Waals surface area contributed by atoms with Crippen molar-refractivity contribution in [3.8, 4) is 0 Å². The molecular formula is C34H47Cl2F2N3O2. The van der Waals surface area contributed by atoms with Crippen LogP contribution >= 0.6 is 24.8 Å². The standard InChI is InChI=1S/C34H45F2N3O2.2ClH/c1-6-7-11-39(5)22-27-12-24(4)13-29(15-27)34(41)38-32(18-26-16-30(35)19-31(36)17-26)33(40)21-37-20-25-9-8-10-28(14-25)23(2)3;;/h8-10,12-17,19,23,32-33,37,40H,6-7,11,18,20-22H2,1-5H3,(H,38,41);2*1H/t32-,33+;;/m0../s1. The largest absolute Gasteiger partial charge is 0.390 e. The minimum absolute atomic E-state index is 0. The van der Waals surface area contributed by atoms with E-state index >= 15 is 0 Å². The smallest absolute Gasteiger partial charge is 0.251 e. The van der Waals surface area contributed by atoms with Crippen LogP contribution in [0.3, 0.4) is 0 Å². The number of hydrogen-bond acceptors (Lipinski definition) is 4. The minimum Gasteiger partial charge on any atom is -0.390 e. The van der Waals surface area contributed by atoms with Crippen LogP contribution in [0, 0.1) is 18.6 Å². The first-order valence-electron chi connectivity index (χ1n) is 14.6. The van der Waals surface area contributed by atoms with Gasteiger partial charge in [0.25, 0.3) is 5.91 Å². The molecule has 3 aromatic rings. The molecule has 0 aromatic heterocycles. The van der Waals surface area contributed by atoms with Crippen LogP contribution in [0.1, 0.15) is 77.7 Å². The maximum Gasteiger partial charge on any atom is 0.251 e. The lowest BCUT2D eigenvalue weighted by Gasteiger charge is -2.25. The quantitative estimate of drug-likeness (QED) is 0.168. The molecule has 0 saturated carbocycles. The van der Waals surface area contributed by atoms with Crippen LogP contribution in [-0.4, -0.2) is 48.2 Å². The summed E-state index contributed by atoms with van der Waals surface area (Å²) in [6.07, 6.45) is 1.30. The summed E-state index contributed by atoms with van der Waals surface area (Å²) in [7, 11) is 2.06. The van der Waals surface area contributed by atoms with Crippen LogP contribution in [0.5, 0.6) is 0 Å². The van der Waals surface area contributed by atoms with Crippen molar-refractivity contribution < 1.29 is 18.7 Å². The molecule has 0 bridgehead atoms. The van der Waals surface area contributed by atoms with Crippen LogP contribution in [-0.2, 0) is 19.5 Å². The highest BCUT2D eigenvalue weighted by Gasteiger charge is 2.23. The number of benzene rings is 3. The Labute approximate surface area is 268 Å². The average molecular weight is 639 g/mol. The molecule has 1 amide bonds. The Morgan fingerprint density at radius 2 is 1.65 bits per heavy atom. The molecule has 0 fully saturated rings. The number of hydrogen-bond donors (Lipinski definition) is 3. The molecule has 0 heterocycles. The fourth-order valence-corrected chi connectivity index (χ4v) is 4.99. The summed E-state index contributed by atoms with van der Waals surface area (Å²) >= 11 is 0. The SMILES string of the molecule is CCCCN(C)Cc1cc(C)cc(C(=O)N[C@@H](Cc2cc(F)cc(F)c2)[C@H](O)CNCc2cccc(C(C)C)c2)c1.Cl.Cl. The van der Waals surface area contributed by atoms with Gasteiger partial charge in [0, 0.05) is 31.3 Å². The highest BCUT2D eigenvalue weighted by atomic mass is 35.5. The van der Waals surface area contributed by atoms with Crippen molar-refractivity contribution in [3.63, 3.8) is 0 Å². The van der Waals surface area contributed by atoms with Crippen LogP contribution in [0.2, 0.25) is 0 Å². The predicted molar refractivity (Wildman–Crippen MR) is 176 cm³/mol. The number of aryl methyl sites for hydroxylation is 1. The van der Waals surface area contributed by atoms with Crippen molar-refractivity contribution in [2.75, 3.05) is 20.1 Å². The van der Waals surface area contributed by atoms with Crippen LogP contribution in [0.4, 0.5) is 8.78 Å². The Hall–Kier alpha value is -2.55. The van der Waals surface area contributed by atoms with Crippen LogP contribution < -0.4 is 10.6 Å². The van der Waals surface area contributed by atoms with Gasteiger partial charge in [0.1, 0.15) is 11.6 Å². The summed E-state index contributed by atoms with van der Waals surface area (Å²) in [6, 6.07) is 16.5. The van der Waals surface area contributed by atoms with Gasteiger partial charge in [-0.25, -0.2) is 8.78 Å². The molecule has 0 unspecified atom stereocenters. The van der Waals surface area contributed by atoms with Crippen molar-refractivity contribution >= 4 is 30.7 Å². The molecule has 3 N–H and O–H groups in total. The zero-order valence-electron chi connectivity index (χ0n) is 25.8. The van der Waals surface area contributed by atoms with Gasteiger partial charge in [-0.1, -0.05) is 63.1 Å². The number of amides is 1. The molecule has 0 aliphatic carbocycles. The number of nitrogens with one attached hydrogen (secondary N) is 2.